The van der Waals surface area contributed by atoms with E-state index in [2.05, 4.69) is 9.71 Å². The monoisotopic (exact) mass is 365 g/mol. The first-order chi connectivity index (χ1) is 11.4. The smallest absolute Gasteiger partial charge is 0.272 e. The normalized spacial score (nSPS) is 14.1. The van der Waals surface area contributed by atoms with Crippen molar-refractivity contribution >= 4 is 33.4 Å². The summed E-state index contributed by atoms with van der Waals surface area (Å²) >= 11 is 5.78. The minimum absolute atomic E-state index is 0.0130. The van der Waals surface area contributed by atoms with Crippen molar-refractivity contribution in [3.8, 4) is 0 Å². The number of halogens is 1. The highest BCUT2D eigenvalue weighted by molar-refractivity contribution is 7.89. The lowest BCUT2D eigenvalue weighted by Gasteiger charge is -2.14. The number of nitrogens with zero attached hydrogens (tertiary/aromatic N) is 2. The highest BCUT2D eigenvalue weighted by Crippen LogP contribution is 2.20. The number of fused-ring (bicyclic) bond motifs is 1. The number of carbonyl (C=O) groups is 2. The summed E-state index contributed by atoms with van der Waals surface area (Å²) in [5, 5.41) is 0.296. The molecule has 0 unspecified atom stereocenters. The summed E-state index contributed by atoms with van der Waals surface area (Å²) in [6, 6.07) is 8.88. The number of hydrogen-bond donors (Lipinski definition) is 1. The molecule has 1 aliphatic heterocycles. The van der Waals surface area contributed by atoms with Crippen molar-refractivity contribution in [3.63, 3.8) is 0 Å². The Labute approximate surface area is 143 Å². The highest BCUT2D eigenvalue weighted by atomic mass is 35.5. The van der Waals surface area contributed by atoms with Crippen molar-refractivity contribution in [2.75, 3.05) is 13.1 Å². The first-order valence-electron chi connectivity index (χ1n) is 6.96. The summed E-state index contributed by atoms with van der Waals surface area (Å²) in [5.41, 5.74) is 0.306. The lowest BCUT2D eigenvalue weighted by molar-refractivity contribution is 0.0655. The summed E-state index contributed by atoms with van der Waals surface area (Å²) in [5.74, 6) is -1.01. The number of amides is 2. The standard InChI is InChI=1S/C15H12ClN3O4S/c16-10-3-1-4-11(9-10)24(22,23)18-7-8-19-14(20)12-5-2-6-17-13(12)15(19)21/h1-6,9,18H,7-8H2. The van der Waals surface area contributed by atoms with Crippen LogP contribution in [0.25, 0.3) is 0 Å². The van der Waals surface area contributed by atoms with Gasteiger partial charge < -0.3 is 0 Å². The van der Waals surface area contributed by atoms with Crippen molar-refractivity contribution < 1.29 is 18.0 Å². The van der Waals surface area contributed by atoms with E-state index < -0.39 is 21.8 Å². The zero-order chi connectivity index (χ0) is 17.3. The molecule has 1 aromatic heterocycles. The van der Waals surface area contributed by atoms with Crippen LogP contribution in [0.5, 0.6) is 0 Å². The summed E-state index contributed by atoms with van der Waals surface area (Å²) < 4.78 is 26.7. The Hall–Kier alpha value is -2.29. The van der Waals surface area contributed by atoms with Gasteiger partial charge in [-0.2, -0.15) is 0 Å². The second-order valence-corrected chi connectivity index (χ2v) is 7.22. The van der Waals surface area contributed by atoms with Crippen LogP contribution in [0, 0.1) is 0 Å². The summed E-state index contributed by atoms with van der Waals surface area (Å²) in [7, 11) is -3.78. The molecule has 1 aliphatic rings. The molecule has 3 rings (SSSR count). The molecule has 0 saturated heterocycles. The van der Waals surface area contributed by atoms with Gasteiger partial charge in [0, 0.05) is 24.3 Å². The predicted molar refractivity (Wildman–Crippen MR) is 86.2 cm³/mol. The zero-order valence-electron chi connectivity index (χ0n) is 12.3. The van der Waals surface area contributed by atoms with E-state index in [0.717, 1.165) is 4.90 Å². The topological polar surface area (TPSA) is 96.4 Å². The quantitative estimate of drug-likeness (QED) is 0.806. The van der Waals surface area contributed by atoms with Gasteiger partial charge in [0.2, 0.25) is 10.0 Å². The van der Waals surface area contributed by atoms with Gasteiger partial charge in [0.1, 0.15) is 5.69 Å². The van der Waals surface area contributed by atoms with Gasteiger partial charge in [-0.1, -0.05) is 17.7 Å². The van der Waals surface area contributed by atoms with Crippen LogP contribution in [0.2, 0.25) is 5.02 Å². The van der Waals surface area contributed by atoms with Crippen LogP contribution in [0.4, 0.5) is 0 Å². The molecule has 0 bridgehead atoms. The first kappa shape index (κ1) is 16.6. The van der Waals surface area contributed by atoms with Crippen LogP contribution in [-0.2, 0) is 10.0 Å². The van der Waals surface area contributed by atoms with E-state index in [1.165, 1.54) is 30.5 Å². The number of nitrogens with one attached hydrogen (secondary N) is 1. The minimum atomic E-state index is -3.78. The Morgan fingerprint density at radius 3 is 2.62 bits per heavy atom. The van der Waals surface area contributed by atoms with Crippen molar-refractivity contribution in [2.24, 2.45) is 0 Å². The number of sulfonamides is 1. The highest BCUT2D eigenvalue weighted by Gasteiger charge is 2.36. The number of carbonyl (C=O) groups excluding carboxylic acids is 2. The van der Waals surface area contributed by atoms with Gasteiger partial charge in [-0.15, -0.1) is 0 Å². The van der Waals surface area contributed by atoms with E-state index >= 15 is 0 Å². The lowest BCUT2D eigenvalue weighted by Crippen LogP contribution is -2.38. The van der Waals surface area contributed by atoms with Gasteiger partial charge in [-0.3, -0.25) is 19.5 Å². The second kappa shape index (κ2) is 6.31. The molecule has 0 spiro atoms. The molecule has 0 fully saturated rings. The van der Waals surface area contributed by atoms with Gasteiger partial charge in [0.15, 0.2) is 0 Å². The van der Waals surface area contributed by atoms with E-state index in [4.69, 9.17) is 11.6 Å². The Bertz CT molecular complexity index is 895. The maximum atomic E-state index is 12.2. The zero-order valence-corrected chi connectivity index (χ0v) is 13.8. The number of aromatic nitrogens is 1. The van der Waals surface area contributed by atoms with Crippen molar-refractivity contribution in [2.45, 2.75) is 4.90 Å². The molecule has 2 heterocycles. The van der Waals surface area contributed by atoms with E-state index in [1.54, 1.807) is 12.1 Å². The third-order valence-corrected chi connectivity index (χ3v) is 5.16. The van der Waals surface area contributed by atoms with Crippen molar-refractivity contribution in [1.82, 2.24) is 14.6 Å². The van der Waals surface area contributed by atoms with Crippen LogP contribution in [0.3, 0.4) is 0 Å². The van der Waals surface area contributed by atoms with Crippen LogP contribution in [0.15, 0.2) is 47.5 Å². The fourth-order valence-electron chi connectivity index (χ4n) is 2.33. The lowest BCUT2D eigenvalue weighted by atomic mass is 10.2. The Morgan fingerprint density at radius 2 is 1.92 bits per heavy atom. The average Bonchev–Trinajstić information content (AvgIpc) is 2.80. The van der Waals surface area contributed by atoms with E-state index in [0.29, 0.717) is 5.02 Å². The van der Waals surface area contributed by atoms with Gasteiger partial charge in [-0.25, -0.2) is 13.1 Å². The van der Waals surface area contributed by atoms with Crippen LogP contribution < -0.4 is 4.72 Å². The molecule has 124 valence electrons. The summed E-state index contributed by atoms with van der Waals surface area (Å²) in [6.45, 7) is -0.200. The molecule has 0 atom stereocenters. The van der Waals surface area contributed by atoms with E-state index in [-0.39, 0.29) is 29.2 Å². The molecule has 9 heteroatoms. The minimum Gasteiger partial charge on any atom is -0.272 e. The number of pyridine rings is 1. The summed E-state index contributed by atoms with van der Waals surface area (Å²) in [6.07, 6.45) is 1.43. The fraction of sp³-hybridized carbons (Fsp3) is 0.133. The third kappa shape index (κ3) is 3.03. The maximum absolute atomic E-state index is 12.2. The second-order valence-electron chi connectivity index (χ2n) is 5.02. The SMILES string of the molecule is O=C1c2cccnc2C(=O)N1CCNS(=O)(=O)c1cccc(Cl)c1. The predicted octanol–water partition coefficient (Wildman–Crippen LogP) is 1.31. The molecule has 0 aliphatic carbocycles. The summed E-state index contributed by atoms with van der Waals surface area (Å²) in [4.78, 5) is 29.1. The Kier molecular flexibility index (Phi) is 4.35. The Morgan fingerprint density at radius 1 is 1.12 bits per heavy atom. The molecule has 7 nitrogen and oxygen atoms in total. The van der Waals surface area contributed by atoms with Crippen LogP contribution >= 0.6 is 11.6 Å². The van der Waals surface area contributed by atoms with Crippen molar-refractivity contribution in [3.05, 3.63) is 58.9 Å². The molecular weight excluding hydrogens is 354 g/mol. The number of hydrogen-bond acceptors (Lipinski definition) is 5. The Balaban J connectivity index is 1.67. The van der Waals surface area contributed by atoms with Crippen molar-refractivity contribution in [1.29, 1.82) is 0 Å². The molecule has 2 aromatic rings. The van der Waals surface area contributed by atoms with Crippen LogP contribution in [-0.4, -0.2) is 43.2 Å². The van der Waals surface area contributed by atoms with Gasteiger partial charge in [-0.05, 0) is 30.3 Å². The molecule has 2 amide bonds. The number of imide groups is 1. The largest absolute Gasteiger partial charge is 0.280 e. The molecule has 24 heavy (non-hydrogen) atoms. The molecule has 0 saturated carbocycles. The third-order valence-electron chi connectivity index (χ3n) is 3.46. The average molecular weight is 366 g/mol. The van der Waals surface area contributed by atoms with E-state index in [9.17, 15) is 18.0 Å². The first-order valence-corrected chi connectivity index (χ1v) is 8.83. The van der Waals surface area contributed by atoms with Gasteiger partial charge in [0.05, 0.1) is 10.5 Å². The van der Waals surface area contributed by atoms with Crippen LogP contribution in [0.1, 0.15) is 20.8 Å². The molecule has 0 radical (unpaired) electrons. The van der Waals surface area contributed by atoms with Gasteiger partial charge >= 0.3 is 0 Å². The number of benzene rings is 1. The maximum Gasteiger partial charge on any atom is 0.280 e. The number of rotatable bonds is 5. The van der Waals surface area contributed by atoms with E-state index in [1.807, 2.05) is 0 Å². The molecular formula is C15H12ClN3O4S. The van der Waals surface area contributed by atoms with Gasteiger partial charge in [0.25, 0.3) is 11.8 Å². The molecule has 1 N–H and O–H groups in total. The molecule has 1 aromatic carbocycles. The fourth-order valence-corrected chi connectivity index (χ4v) is 3.65.